The first kappa shape index (κ1) is 12.3. The van der Waals surface area contributed by atoms with Crippen molar-refractivity contribution in [3.63, 3.8) is 0 Å². The topological polar surface area (TPSA) is 57.5 Å². The molecule has 0 aromatic rings. The molecule has 0 amide bonds. The molecule has 0 bridgehead atoms. The first-order valence-electron chi connectivity index (χ1n) is 5.21. The molecule has 1 aliphatic rings. The van der Waals surface area contributed by atoms with E-state index in [1.54, 1.807) is 36.5 Å². The van der Waals surface area contributed by atoms with Crippen molar-refractivity contribution >= 4 is 5.97 Å². The van der Waals surface area contributed by atoms with E-state index in [-0.39, 0.29) is 23.2 Å². The third kappa shape index (κ3) is 3.77. The van der Waals surface area contributed by atoms with Gasteiger partial charge in [0.2, 0.25) is 0 Å². The lowest BCUT2D eigenvalue weighted by molar-refractivity contribution is -0.132. The normalized spacial score (nSPS) is 33.1. The Bertz CT molecular complexity index is 386. The Morgan fingerprint density at radius 3 is 2.31 bits per heavy atom. The van der Waals surface area contributed by atoms with Crippen LogP contribution in [-0.4, -0.2) is 16.2 Å². The molecule has 16 heavy (non-hydrogen) atoms. The Balaban J connectivity index is 3.06. The quantitative estimate of drug-likeness (QED) is 0.714. The van der Waals surface area contributed by atoms with Crippen molar-refractivity contribution in [2.24, 2.45) is 11.8 Å². The third-order valence-electron chi connectivity index (χ3n) is 2.27. The van der Waals surface area contributed by atoms with Gasteiger partial charge in [-0.25, -0.2) is 4.79 Å². The average Bonchev–Trinajstić information content (AvgIpc) is 2.20. The number of aliphatic hydroxyl groups excluding tert-OH is 1. The minimum absolute atomic E-state index is 0.000746. The van der Waals surface area contributed by atoms with Gasteiger partial charge in [-0.3, -0.25) is 0 Å². The second kappa shape index (κ2) is 5.35. The molecule has 2 atom stereocenters. The second-order valence-corrected chi connectivity index (χ2v) is 3.96. The lowest BCUT2D eigenvalue weighted by Gasteiger charge is -2.05. The molecular weight excluding hydrogens is 204 g/mol. The van der Waals surface area contributed by atoms with E-state index in [0.717, 1.165) is 0 Å². The Labute approximate surface area is 95.1 Å². The maximum atomic E-state index is 10.9. The van der Waals surface area contributed by atoms with Crippen molar-refractivity contribution in [3.8, 4) is 0 Å². The summed E-state index contributed by atoms with van der Waals surface area (Å²) in [6, 6.07) is 0. The van der Waals surface area contributed by atoms with Crippen LogP contribution in [0.5, 0.6) is 0 Å². The second-order valence-electron chi connectivity index (χ2n) is 3.96. The fourth-order valence-corrected chi connectivity index (χ4v) is 1.42. The third-order valence-corrected chi connectivity index (χ3v) is 2.27. The summed E-state index contributed by atoms with van der Waals surface area (Å²) in [5, 5.41) is 18.5. The number of hydrogen-bond acceptors (Lipinski definition) is 2. The van der Waals surface area contributed by atoms with Crippen LogP contribution < -0.4 is 0 Å². The van der Waals surface area contributed by atoms with E-state index in [0.29, 0.717) is 0 Å². The molecule has 0 spiro atoms. The van der Waals surface area contributed by atoms with E-state index in [4.69, 9.17) is 5.11 Å². The van der Waals surface area contributed by atoms with Gasteiger partial charge in [0.25, 0.3) is 0 Å². The van der Waals surface area contributed by atoms with Crippen molar-refractivity contribution in [2.45, 2.75) is 13.8 Å². The molecule has 0 aromatic heterocycles. The zero-order chi connectivity index (χ0) is 12.1. The number of carboxylic acid groups (broad SMARTS) is 1. The van der Waals surface area contributed by atoms with Gasteiger partial charge in [0.15, 0.2) is 0 Å². The molecule has 3 nitrogen and oxygen atoms in total. The van der Waals surface area contributed by atoms with Gasteiger partial charge in [-0.2, -0.15) is 0 Å². The zero-order valence-electron chi connectivity index (χ0n) is 9.42. The van der Waals surface area contributed by atoms with Gasteiger partial charge in [0.05, 0.1) is 5.57 Å². The van der Waals surface area contributed by atoms with Gasteiger partial charge in [-0.05, 0) is 24.0 Å². The number of aliphatic carboxylic acids is 1. The summed E-state index contributed by atoms with van der Waals surface area (Å²) in [6.45, 7) is 3.75. The number of carboxylic acids is 1. The Kier molecular flexibility index (Phi) is 4.11. The SMILES string of the molecule is CC1C=C(O)/C=C\C(C)/C=C(C(=O)O)\C=C/1. The molecule has 0 aliphatic heterocycles. The zero-order valence-corrected chi connectivity index (χ0v) is 9.42. The van der Waals surface area contributed by atoms with E-state index in [1.165, 1.54) is 0 Å². The summed E-state index contributed by atoms with van der Waals surface area (Å²) in [7, 11) is 0. The highest BCUT2D eigenvalue weighted by molar-refractivity contribution is 5.89. The van der Waals surface area contributed by atoms with Crippen LogP contribution in [0.2, 0.25) is 0 Å². The van der Waals surface area contributed by atoms with Crippen molar-refractivity contribution in [2.75, 3.05) is 0 Å². The van der Waals surface area contributed by atoms with Crippen LogP contribution in [0.3, 0.4) is 0 Å². The number of allylic oxidation sites excluding steroid dienone is 5. The highest BCUT2D eigenvalue weighted by Gasteiger charge is 2.06. The molecule has 1 rings (SSSR count). The molecule has 0 saturated heterocycles. The standard InChI is InChI=1S/C13H16O3/c1-9-4-6-12(14)8-10(2)3-5-11(7-9)13(15)16/h3-10,14H,1-2H3,(H,15,16)/b5-3-,6-4-,11-7+,12-8?. The maximum absolute atomic E-state index is 10.9. The summed E-state index contributed by atoms with van der Waals surface area (Å²) in [4.78, 5) is 10.9. The predicted molar refractivity (Wildman–Crippen MR) is 63.0 cm³/mol. The minimum atomic E-state index is -0.933. The molecule has 0 heterocycles. The van der Waals surface area contributed by atoms with Crippen molar-refractivity contribution in [1.82, 2.24) is 0 Å². The Morgan fingerprint density at radius 2 is 1.69 bits per heavy atom. The fourth-order valence-electron chi connectivity index (χ4n) is 1.42. The van der Waals surface area contributed by atoms with E-state index in [1.807, 2.05) is 13.8 Å². The van der Waals surface area contributed by atoms with Crippen LogP contribution in [0.25, 0.3) is 0 Å². The monoisotopic (exact) mass is 220 g/mol. The highest BCUT2D eigenvalue weighted by atomic mass is 16.4. The van der Waals surface area contributed by atoms with Crippen LogP contribution in [0.4, 0.5) is 0 Å². The molecule has 0 fully saturated rings. The Morgan fingerprint density at radius 1 is 1.12 bits per heavy atom. The van der Waals surface area contributed by atoms with Crippen LogP contribution in [-0.2, 0) is 4.79 Å². The summed E-state index contributed by atoms with van der Waals surface area (Å²) < 4.78 is 0. The molecule has 3 heteroatoms. The maximum Gasteiger partial charge on any atom is 0.335 e. The highest BCUT2D eigenvalue weighted by Crippen LogP contribution is 2.13. The molecule has 0 radical (unpaired) electrons. The molecular formula is C13H16O3. The molecule has 0 aromatic carbocycles. The van der Waals surface area contributed by atoms with Gasteiger partial charge in [0, 0.05) is 0 Å². The van der Waals surface area contributed by atoms with E-state index in [2.05, 4.69) is 0 Å². The van der Waals surface area contributed by atoms with E-state index >= 15 is 0 Å². The van der Waals surface area contributed by atoms with Crippen LogP contribution in [0, 0.1) is 11.8 Å². The Hall–Kier alpha value is -1.77. The van der Waals surface area contributed by atoms with Crippen LogP contribution in [0.1, 0.15) is 13.8 Å². The summed E-state index contributed by atoms with van der Waals surface area (Å²) in [5.41, 5.74) is 0.277. The van der Waals surface area contributed by atoms with Gasteiger partial charge < -0.3 is 10.2 Å². The minimum Gasteiger partial charge on any atom is -0.508 e. The lowest BCUT2D eigenvalue weighted by atomic mass is 10.0. The first-order valence-corrected chi connectivity index (χ1v) is 5.21. The fraction of sp³-hybridized carbons (Fsp3) is 0.308. The largest absolute Gasteiger partial charge is 0.508 e. The first-order chi connectivity index (χ1) is 7.49. The van der Waals surface area contributed by atoms with Crippen LogP contribution >= 0.6 is 0 Å². The predicted octanol–water partition coefficient (Wildman–Crippen LogP) is 2.84. The molecule has 2 unspecified atom stereocenters. The molecule has 86 valence electrons. The number of hydrogen-bond donors (Lipinski definition) is 2. The van der Waals surface area contributed by atoms with Gasteiger partial charge in [-0.1, -0.05) is 38.2 Å². The molecule has 1 aliphatic carbocycles. The van der Waals surface area contributed by atoms with E-state index < -0.39 is 5.97 Å². The van der Waals surface area contributed by atoms with E-state index in [9.17, 15) is 9.90 Å². The van der Waals surface area contributed by atoms with Crippen molar-refractivity contribution in [1.29, 1.82) is 0 Å². The lowest BCUT2D eigenvalue weighted by Crippen LogP contribution is -2.01. The number of rotatable bonds is 1. The molecule has 0 saturated carbocycles. The van der Waals surface area contributed by atoms with Crippen molar-refractivity contribution < 1.29 is 15.0 Å². The number of aliphatic hydroxyl groups is 1. The van der Waals surface area contributed by atoms with Gasteiger partial charge >= 0.3 is 5.97 Å². The number of carbonyl (C=O) groups is 1. The van der Waals surface area contributed by atoms with Gasteiger partial charge in [-0.15, -0.1) is 0 Å². The van der Waals surface area contributed by atoms with Crippen LogP contribution in [0.15, 0.2) is 47.8 Å². The van der Waals surface area contributed by atoms with Crippen molar-refractivity contribution in [3.05, 3.63) is 47.8 Å². The van der Waals surface area contributed by atoms with Gasteiger partial charge in [0.1, 0.15) is 5.76 Å². The summed E-state index contributed by atoms with van der Waals surface area (Å²) in [6.07, 6.45) is 10.0. The smallest absolute Gasteiger partial charge is 0.335 e. The summed E-state index contributed by atoms with van der Waals surface area (Å²) in [5.74, 6) is -0.755. The average molecular weight is 220 g/mol. The molecule has 2 N–H and O–H groups in total. The summed E-state index contributed by atoms with van der Waals surface area (Å²) >= 11 is 0.